The van der Waals surface area contributed by atoms with Crippen molar-refractivity contribution in [1.82, 2.24) is 77.5 Å². The molecule has 0 fully saturated rings. The predicted octanol–water partition coefficient (Wildman–Crippen LogP) is 0.422. The molecule has 0 N–H and O–H groups in total. The Labute approximate surface area is 274 Å². The number of nitrogens with zero attached hydrogens (tertiary/aromatic N) is 16. The Balaban J connectivity index is 0.000000150. The zero-order valence-electron chi connectivity index (χ0n) is 22.9. The molecule has 0 aliphatic rings. The molecular weight excluding hydrogens is 574 g/mol. The van der Waals surface area contributed by atoms with Gasteiger partial charge in [-0.1, -0.05) is 0 Å². The number of rotatable bonds is 8. The molecule has 0 saturated carbocycles. The summed E-state index contributed by atoms with van der Waals surface area (Å²) in [5.41, 5.74) is 0. The predicted molar refractivity (Wildman–Crippen MR) is 158 cm³/mol. The third-order valence-electron chi connectivity index (χ3n) is 7.04. The van der Waals surface area contributed by atoms with Crippen molar-refractivity contribution in [2.45, 2.75) is 0 Å². The van der Waals surface area contributed by atoms with Gasteiger partial charge in [-0.05, 0) is 98.1 Å². The number of hydrogen-bond donors (Lipinski definition) is 0. The smallest absolute Gasteiger partial charge is 0.379 e. The minimum Gasteiger partial charge on any atom is -0.379 e. The summed E-state index contributed by atoms with van der Waals surface area (Å²) in [5, 5.41) is 35.3. The molecule has 43 heavy (non-hydrogen) atoms. The fourth-order valence-electron chi connectivity index (χ4n) is 5.34. The molecule has 0 saturated heterocycles. The van der Waals surface area contributed by atoms with Crippen LogP contribution in [-0.2, 0) is 0 Å². The van der Waals surface area contributed by atoms with E-state index < -0.39 is 13.4 Å². The molecule has 8 aromatic rings. The maximum Gasteiger partial charge on any atom is 2.00 e. The summed E-state index contributed by atoms with van der Waals surface area (Å²) in [6.45, 7) is -3.67. The molecule has 0 aromatic carbocycles. The molecule has 0 aliphatic carbocycles. The van der Waals surface area contributed by atoms with E-state index in [9.17, 15) is 0 Å². The van der Waals surface area contributed by atoms with E-state index in [-0.39, 0.29) is 37.7 Å². The molecule has 0 bridgehead atoms. The molecule has 0 spiro atoms. The molecule has 19 heteroatoms. The third-order valence-corrected chi connectivity index (χ3v) is 7.04. The second-order valence-electron chi connectivity index (χ2n) is 9.27. The van der Waals surface area contributed by atoms with Crippen LogP contribution in [0.1, 0.15) is 0 Å². The quantitative estimate of drug-likeness (QED) is 0.229. The Morgan fingerprint density at radius 3 is 0.488 bits per heavy atom. The topological polar surface area (TPSA) is 143 Å². The average molecular weight is 598 g/mol. The zero-order valence-corrected chi connectivity index (χ0v) is 25.1. The number of hydrogen-bond acceptors (Lipinski definition) is 8. The molecule has 208 valence electrons. The van der Waals surface area contributed by atoms with E-state index in [1.165, 1.54) is 0 Å². The van der Waals surface area contributed by atoms with E-state index in [1.807, 2.05) is 135 Å². The normalized spacial score (nSPS) is 11.5. The largest absolute Gasteiger partial charge is 2.00 e. The molecule has 8 aromatic heterocycles. The van der Waals surface area contributed by atoms with E-state index in [1.54, 1.807) is 49.6 Å². The second-order valence-corrected chi connectivity index (χ2v) is 9.27. The van der Waals surface area contributed by atoms with Gasteiger partial charge in [0, 0.05) is 49.6 Å². The van der Waals surface area contributed by atoms with E-state index in [2.05, 4.69) is 40.8 Å². The molecule has 0 unspecified atom stereocenters. The molecule has 16 nitrogen and oxygen atoms in total. The summed E-state index contributed by atoms with van der Waals surface area (Å²) in [6, 6.07) is 14.9. The first-order valence-corrected chi connectivity index (χ1v) is 13.1. The van der Waals surface area contributed by atoms with Gasteiger partial charge < -0.3 is 36.7 Å². The average Bonchev–Trinajstić information content (AvgIpc) is 3.91. The van der Waals surface area contributed by atoms with Crippen molar-refractivity contribution in [2.75, 3.05) is 0 Å². The summed E-state index contributed by atoms with van der Waals surface area (Å²) in [4.78, 5) is 0. The van der Waals surface area contributed by atoms with E-state index in [0.29, 0.717) is 0 Å². The van der Waals surface area contributed by atoms with Crippen molar-refractivity contribution in [3.8, 4) is 0 Å². The Morgan fingerprint density at radius 1 is 0.256 bits per heavy atom. The van der Waals surface area contributed by atoms with Crippen LogP contribution in [0.4, 0.5) is 0 Å². The third kappa shape index (κ3) is 4.65. The van der Waals surface area contributed by atoms with Crippen LogP contribution in [0, 0.1) is 0 Å². The van der Waals surface area contributed by atoms with E-state index in [4.69, 9.17) is 0 Å². The molecule has 0 atom stereocenters. The fourth-order valence-corrected chi connectivity index (χ4v) is 5.34. The van der Waals surface area contributed by atoms with Gasteiger partial charge >= 0.3 is 51.1 Å². The van der Waals surface area contributed by atoms with Crippen LogP contribution < -0.4 is 0 Å². The van der Waals surface area contributed by atoms with Crippen LogP contribution in [0.3, 0.4) is 0 Å². The van der Waals surface area contributed by atoms with Crippen molar-refractivity contribution in [1.29, 1.82) is 0 Å². The molecular formula is C24H24B2CaN16. The first kappa shape index (κ1) is 28.2. The van der Waals surface area contributed by atoms with Crippen LogP contribution in [0.25, 0.3) is 0 Å². The Kier molecular flexibility index (Phi) is 7.95. The van der Waals surface area contributed by atoms with Crippen molar-refractivity contribution in [2.24, 2.45) is 0 Å². The van der Waals surface area contributed by atoms with Crippen molar-refractivity contribution in [3.05, 3.63) is 148 Å². The fraction of sp³-hybridized carbons (Fsp3) is 0. The molecule has 0 aliphatic heterocycles. The first-order chi connectivity index (χ1) is 20.8. The van der Waals surface area contributed by atoms with Crippen LogP contribution in [-0.4, -0.2) is 129 Å². The van der Waals surface area contributed by atoms with Gasteiger partial charge in [0.25, 0.3) is 0 Å². The Bertz CT molecular complexity index is 1430. The Hall–Kier alpha value is -4.93. The van der Waals surface area contributed by atoms with Gasteiger partial charge in [0.05, 0.1) is 0 Å². The second kappa shape index (κ2) is 12.1. The first-order valence-electron chi connectivity index (χ1n) is 13.1. The van der Waals surface area contributed by atoms with E-state index >= 15 is 0 Å². The van der Waals surface area contributed by atoms with Gasteiger partial charge in [0.2, 0.25) is 0 Å². The minimum absolute atomic E-state index is 0. The zero-order chi connectivity index (χ0) is 28.2. The van der Waals surface area contributed by atoms with Crippen molar-refractivity contribution in [3.63, 3.8) is 0 Å². The van der Waals surface area contributed by atoms with Gasteiger partial charge in [0.1, 0.15) is 0 Å². The van der Waals surface area contributed by atoms with Crippen LogP contribution in [0.15, 0.2) is 148 Å². The maximum absolute atomic E-state index is 4.42. The molecule has 8 heterocycles. The summed E-state index contributed by atoms with van der Waals surface area (Å²) < 4.78 is 14.5. The van der Waals surface area contributed by atoms with Gasteiger partial charge in [0.15, 0.2) is 0 Å². The standard InChI is InChI=1S/2C12H12BN8.Ca/c2*1-5-14-18(9-1)13(19-10-2-6-15-19,20-11-3-7-16-20)21-12-4-8-17-21;/h2*1-12H;/q2*-1;+2. The van der Waals surface area contributed by atoms with Crippen molar-refractivity contribution < 1.29 is 0 Å². The monoisotopic (exact) mass is 598 g/mol. The van der Waals surface area contributed by atoms with Crippen LogP contribution in [0.2, 0.25) is 0 Å². The summed E-state index contributed by atoms with van der Waals surface area (Å²) in [6.07, 6.45) is 28.9. The molecule has 0 radical (unpaired) electrons. The van der Waals surface area contributed by atoms with Gasteiger partial charge in [-0.15, -0.1) is 0 Å². The minimum atomic E-state index is -1.83. The van der Waals surface area contributed by atoms with Gasteiger partial charge in [-0.25, -0.2) is 40.8 Å². The van der Waals surface area contributed by atoms with Crippen molar-refractivity contribution >= 4 is 51.1 Å². The van der Waals surface area contributed by atoms with Crippen LogP contribution >= 0.6 is 0 Å². The Morgan fingerprint density at radius 2 is 0.395 bits per heavy atom. The SMILES string of the molecule is [Ca+2].c1cnn([B-](n2cccn2)(n2cccn2)n2cccn2)c1.c1cnn([B-](n2cccn2)(n2cccn2)n2cccn2)c1. The summed E-state index contributed by atoms with van der Waals surface area (Å²) >= 11 is 0. The number of aromatic nitrogens is 16. The van der Waals surface area contributed by atoms with Gasteiger partial charge in [-0.3, -0.25) is 0 Å². The molecule has 8 rings (SSSR count). The molecule has 0 amide bonds. The van der Waals surface area contributed by atoms with E-state index in [0.717, 1.165) is 0 Å². The maximum atomic E-state index is 4.42. The van der Waals surface area contributed by atoms with Crippen LogP contribution in [0.5, 0.6) is 0 Å². The van der Waals surface area contributed by atoms with Gasteiger partial charge in [-0.2, -0.15) is 0 Å². The summed E-state index contributed by atoms with van der Waals surface area (Å²) in [7, 11) is 0. The summed E-state index contributed by atoms with van der Waals surface area (Å²) in [5.74, 6) is 0.